The van der Waals surface area contributed by atoms with Gasteiger partial charge in [0, 0.05) is 6.42 Å². The molecule has 0 aliphatic heterocycles. The van der Waals surface area contributed by atoms with Crippen molar-refractivity contribution in [1.82, 2.24) is 0 Å². The van der Waals surface area contributed by atoms with E-state index in [1.807, 2.05) is 6.92 Å². The molecule has 0 bridgehead atoms. The normalized spacial score (nSPS) is 13.2. The van der Waals surface area contributed by atoms with Gasteiger partial charge in [-0.3, -0.25) is 0 Å². The van der Waals surface area contributed by atoms with Gasteiger partial charge in [-0.2, -0.15) is 16.8 Å². The molecule has 6 nitrogen and oxygen atoms in total. The van der Waals surface area contributed by atoms with Gasteiger partial charge in [-0.05, 0) is 6.42 Å². The molecular weight excluding hydrogens is 268 g/mol. The van der Waals surface area contributed by atoms with Crippen molar-refractivity contribution >= 4 is 20.2 Å². The third kappa shape index (κ3) is 12.1. The zero-order valence-electron chi connectivity index (χ0n) is 10.4. The van der Waals surface area contributed by atoms with Gasteiger partial charge >= 0.3 is 0 Å². The second kappa shape index (κ2) is 7.30. The van der Waals surface area contributed by atoms with Crippen molar-refractivity contribution in [2.75, 3.05) is 12.5 Å². The van der Waals surface area contributed by atoms with Crippen LogP contribution in [0, 0.1) is 0 Å². The first kappa shape index (κ1) is 16.8. The molecule has 8 heteroatoms. The first-order valence-corrected chi connectivity index (χ1v) is 9.04. The fourth-order valence-electron chi connectivity index (χ4n) is 1.24. The molecule has 104 valence electrons. The van der Waals surface area contributed by atoms with Crippen LogP contribution in [-0.4, -0.2) is 35.6 Å². The molecule has 17 heavy (non-hydrogen) atoms. The summed E-state index contributed by atoms with van der Waals surface area (Å²) in [6.45, 7) is 2.04. The minimum absolute atomic E-state index is 0.236. The molecule has 0 amide bonds. The molecule has 0 aromatic rings. The van der Waals surface area contributed by atoms with Crippen LogP contribution in [0.15, 0.2) is 0 Å². The van der Waals surface area contributed by atoms with Crippen LogP contribution in [0.3, 0.4) is 0 Å². The van der Waals surface area contributed by atoms with Gasteiger partial charge in [-0.25, -0.2) is 8.37 Å². The maximum absolute atomic E-state index is 10.9. The van der Waals surface area contributed by atoms with Crippen molar-refractivity contribution < 1.29 is 25.2 Å². The van der Waals surface area contributed by atoms with Crippen LogP contribution in [-0.2, 0) is 28.6 Å². The fourth-order valence-corrected chi connectivity index (χ4v) is 2.34. The van der Waals surface area contributed by atoms with Gasteiger partial charge in [0.2, 0.25) is 0 Å². The molecule has 0 aromatic carbocycles. The summed E-state index contributed by atoms with van der Waals surface area (Å²) in [4.78, 5) is 0. The third-order valence-corrected chi connectivity index (χ3v) is 2.99. The first-order chi connectivity index (χ1) is 7.64. The van der Waals surface area contributed by atoms with E-state index in [9.17, 15) is 16.8 Å². The monoisotopic (exact) mass is 288 g/mol. The zero-order valence-corrected chi connectivity index (χ0v) is 12.0. The van der Waals surface area contributed by atoms with E-state index >= 15 is 0 Å². The average molecular weight is 288 g/mol. The summed E-state index contributed by atoms with van der Waals surface area (Å²) in [5.74, 6) is 0. The molecule has 0 unspecified atom stereocenters. The molecule has 0 atom stereocenters. The topological polar surface area (TPSA) is 86.7 Å². The van der Waals surface area contributed by atoms with Gasteiger partial charge in [0.1, 0.15) is 0 Å². The van der Waals surface area contributed by atoms with Crippen molar-refractivity contribution in [3.8, 4) is 0 Å². The lowest BCUT2D eigenvalue weighted by molar-refractivity contribution is 0.0104. The Hall–Kier alpha value is -0.180. The van der Waals surface area contributed by atoms with E-state index in [-0.39, 0.29) is 6.42 Å². The average Bonchev–Trinajstić information content (AvgIpc) is 2.06. The summed E-state index contributed by atoms with van der Waals surface area (Å²) in [5, 5.41) is 0. The quantitative estimate of drug-likeness (QED) is 0.360. The Morgan fingerprint density at radius 3 is 1.71 bits per heavy atom. The molecule has 0 fully saturated rings. The molecule has 0 heterocycles. The van der Waals surface area contributed by atoms with E-state index in [2.05, 4.69) is 8.37 Å². The van der Waals surface area contributed by atoms with E-state index in [4.69, 9.17) is 0 Å². The minimum atomic E-state index is -3.73. The zero-order chi connectivity index (χ0) is 13.5. The molecule has 0 saturated heterocycles. The van der Waals surface area contributed by atoms with E-state index < -0.39 is 26.5 Å². The van der Waals surface area contributed by atoms with Gasteiger partial charge in [-0.15, -0.1) is 0 Å². The smallest absolute Gasteiger partial charge is 0.237 e. The predicted molar refractivity (Wildman–Crippen MR) is 64.4 cm³/mol. The van der Waals surface area contributed by atoms with Crippen molar-refractivity contribution in [2.45, 2.75) is 45.3 Å². The summed E-state index contributed by atoms with van der Waals surface area (Å²) < 4.78 is 52.8. The summed E-state index contributed by atoms with van der Waals surface area (Å²) in [6.07, 6.45) is 4.28. The van der Waals surface area contributed by atoms with Crippen LogP contribution < -0.4 is 0 Å². The molecule has 0 radical (unpaired) electrons. The van der Waals surface area contributed by atoms with E-state index in [1.54, 1.807) is 0 Å². The van der Waals surface area contributed by atoms with Crippen LogP contribution in [0.1, 0.15) is 39.0 Å². The number of hydrogen-bond donors (Lipinski definition) is 0. The second-order valence-electron chi connectivity index (χ2n) is 3.88. The highest BCUT2D eigenvalue weighted by atomic mass is 32.2. The van der Waals surface area contributed by atoms with E-state index in [1.165, 1.54) is 0 Å². The predicted octanol–water partition coefficient (Wildman–Crippen LogP) is 1.24. The SMILES string of the molecule is CCCCCCC(OS(C)(=O)=O)OS(C)(=O)=O. The lowest BCUT2D eigenvalue weighted by Crippen LogP contribution is -2.23. The number of hydrogen-bond acceptors (Lipinski definition) is 6. The summed E-state index contributed by atoms with van der Waals surface area (Å²) in [7, 11) is -7.46. The minimum Gasteiger partial charge on any atom is -0.237 e. The van der Waals surface area contributed by atoms with Gasteiger partial charge in [-0.1, -0.05) is 26.2 Å². The maximum atomic E-state index is 10.9. The summed E-state index contributed by atoms with van der Waals surface area (Å²) >= 11 is 0. The van der Waals surface area contributed by atoms with Gasteiger partial charge in [0.05, 0.1) is 12.5 Å². The van der Waals surface area contributed by atoms with Crippen molar-refractivity contribution in [3.05, 3.63) is 0 Å². The van der Waals surface area contributed by atoms with Gasteiger partial charge in [0.15, 0.2) is 6.29 Å². The molecule has 0 aromatic heterocycles. The molecule has 0 aliphatic rings. The van der Waals surface area contributed by atoms with Gasteiger partial charge < -0.3 is 0 Å². The van der Waals surface area contributed by atoms with Crippen molar-refractivity contribution in [2.24, 2.45) is 0 Å². The van der Waals surface area contributed by atoms with Gasteiger partial charge in [0.25, 0.3) is 20.2 Å². The largest absolute Gasteiger partial charge is 0.266 e. The molecule has 0 N–H and O–H groups in total. The second-order valence-corrected chi connectivity index (χ2v) is 7.08. The Morgan fingerprint density at radius 1 is 0.882 bits per heavy atom. The highest BCUT2D eigenvalue weighted by Gasteiger charge is 2.20. The van der Waals surface area contributed by atoms with Crippen LogP contribution >= 0.6 is 0 Å². The molecular formula is C9H20O6S2. The standard InChI is InChI=1S/C9H20O6S2/c1-4-5-6-7-8-9(14-16(2,10)11)15-17(3,12)13/h9H,4-8H2,1-3H3. The van der Waals surface area contributed by atoms with Crippen LogP contribution in [0.5, 0.6) is 0 Å². The Kier molecular flexibility index (Phi) is 7.22. The first-order valence-electron chi connectivity index (χ1n) is 5.40. The third-order valence-electron chi connectivity index (χ3n) is 1.86. The Bertz CT molecular complexity index is 363. The lowest BCUT2D eigenvalue weighted by Gasteiger charge is -2.15. The Labute approximate surface area is 104 Å². The molecule has 0 rings (SSSR count). The molecule has 0 aliphatic carbocycles. The Balaban J connectivity index is 4.31. The Morgan fingerprint density at radius 2 is 1.35 bits per heavy atom. The van der Waals surface area contributed by atoms with Crippen molar-refractivity contribution in [1.29, 1.82) is 0 Å². The number of unbranched alkanes of at least 4 members (excludes halogenated alkanes) is 3. The highest BCUT2D eigenvalue weighted by molar-refractivity contribution is 7.86. The van der Waals surface area contributed by atoms with Crippen LogP contribution in [0.2, 0.25) is 0 Å². The van der Waals surface area contributed by atoms with E-state index in [0.29, 0.717) is 6.42 Å². The fraction of sp³-hybridized carbons (Fsp3) is 1.00. The van der Waals surface area contributed by atoms with Crippen molar-refractivity contribution in [3.63, 3.8) is 0 Å². The number of rotatable bonds is 9. The summed E-state index contributed by atoms with van der Waals surface area (Å²) in [5.41, 5.74) is 0. The van der Waals surface area contributed by atoms with Crippen LogP contribution in [0.25, 0.3) is 0 Å². The lowest BCUT2D eigenvalue weighted by atomic mass is 10.1. The van der Waals surface area contributed by atoms with E-state index in [0.717, 1.165) is 31.8 Å². The molecule has 0 spiro atoms. The highest BCUT2D eigenvalue weighted by Crippen LogP contribution is 2.13. The summed E-state index contributed by atoms with van der Waals surface area (Å²) in [6, 6.07) is 0. The van der Waals surface area contributed by atoms with Crippen LogP contribution in [0.4, 0.5) is 0 Å². The molecule has 0 saturated carbocycles. The maximum Gasteiger partial charge on any atom is 0.266 e.